The fourth-order valence-electron chi connectivity index (χ4n) is 3.02. The molecule has 1 N–H and O–H groups in total. The van der Waals surface area contributed by atoms with E-state index in [0.717, 1.165) is 11.1 Å². The number of nitrogens with zero attached hydrogens (tertiary/aromatic N) is 1. The molecule has 22 heavy (non-hydrogen) atoms. The van der Waals surface area contributed by atoms with Crippen LogP contribution in [0.15, 0.2) is 41.1 Å². The van der Waals surface area contributed by atoms with Gasteiger partial charge in [0.25, 0.3) is 5.91 Å². The molecule has 0 spiro atoms. The molecule has 0 bridgehead atoms. The van der Waals surface area contributed by atoms with Gasteiger partial charge in [0.2, 0.25) is 0 Å². The molecule has 0 radical (unpaired) electrons. The van der Waals surface area contributed by atoms with Crippen LogP contribution in [0.3, 0.4) is 0 Å². The number of carbonyl (C=O) groups excluding carboxylic acids is 1. The van der Waals surface area contributed by atoms with Crippen molar-refractivity contribution < 1.29 is 14.7 Å². The van der Waals surface area contributed by atoms with Gasteiger partial charge in [0.1, 0.15) is 5.41 Å². The molecule has 2 aromatic rings. The van der Waals surface area contributed by atoms with E-state index in [-0.39, 0.29) is 12.5 Å². The molecular formula is C17H17NO3S. The molecule has 4 nitrogen and oxygen atoms in total. The summed E-state index contributed by atoms with van der Waals surface area (Å²) in [4.78, 5) is 26.2. The van der Waals surface area contributed by atoms with Gasteiger partial charge in [-0.25, -0.2) is 0 Å². The second kappa shape index (κ2) is 5.57. The van der Waals surface area contributed by atoms with E-state index in [0.29, 0.717) is 18.5 Å². The van der Waals surface area contributed by atoms with Gasteiger partial charge in [-0.1, -0.05) is 30.3 Å². The maximum absolute atomic E-state index is 12.6. The first-order valence-corrected chi connectivity index (χ1v) is 8.10. The highest BCUT2D eigenvalue weighted by Gasteiger charge is 2.47. The Balaban J connectivity index is 1.90. The zero-order chi connectivity index (χ0) is 15.7. The lowest BCUT2D eigenvalue weighted by Crippen LogP contribution is -2.40. The van der Waals surface area contributed by atoms with Crippen LogP contribution in [0.5, 0.6) is 0 Å². The van der Waals surface area contributed by atoms with E-state index in [1.165, 1.54) is 11.3 Å². The van der Waals surface area contributed by atoms with Crippen LogP contribution in [0.25, 0.3) is 0 Å². The number of carboxylic acid groups (broad SMARTS) is 1. The number of hydrogen-bond donors (Lipinski definition) is 1. The van der Waals surface area contributed by atoms with Crippen LogP contribution in [-0.2, 0) is 10.2 Å². The Kier molecular flexibility index (Phi) is 3.74. The van der Waals surface area contributed by atoms with Crippen molar-refractivity contribution in [1.82, 2.24) is 4.90 Å². The van der Waals surface area contributed by atoms with E-state index in [9.17, 15) is 14.7 Å². The van der Waals surface area contributed by atoms with Crippen LogP contribution in [0.2, 0.25) is 0 Å². The average Bonchev–Trinajstić information content (AvgIpc) is 3.15. The predicted molar refractivity (Wildman–Crippen MR) is 85.3 cm³/mol. The summed E-state index contributed by atoms with van der Waals surface area (Å²) in [6.07, 6.45) is 0.446. The van der Waals surface area contributed by atoms with Crippen molar-refractivity contribution in [2.45, 2.75) is 18.8 Å². The van der Waals surface area contributed by atoms with E-state index in [2.05, 4.69) is 0 Å². The maximum atomic E-state index is 12.6. The molecule has 2 heterocycles. The van der Waals surface area contributed by atoms with Gasteiger partial charge in [-0.3, -0.25) is 9.59 Å². The molecule has 0 saturated carbocycles. The maximum Gasteiger partial charge on any atom is 0.316 e. The van der Waals surface area contributed by atoms with Crippen LogP contribution < -0.4 is 0 Å². The number of hydrogen-bond acceptors (Lipinski definition) is 3. The predicted octanol–water partition coefficient (Wildman–Crippen LogP) is 2.93. The monoisotopic (exact) mass is 315 g/mol. The third-order valence-electron chi connectivity index (χ3n) is 4.38. The lowest BCUT2D eigenvalue weighted by Gasteiger charge is -2.25. The van der Waals surface area contributed by atoms with Gasteiger partial charge in [0.15, 0.2) is 0 Å². The summed E-state index contributed by atoms with van der Waals surface area (Å²) in [5, 5.41) is 13.5. The Morgan fingerprint density at radius 1 is 1.23 bits per heavy atom. The van der Waals surface area contributed by atoms with Crippen molar-refractivity contribution in [3.63, 3.8) is 0 Å². The molecule has 1 amide bonds. The Bertz CT molecular complexity index is 710. The zero-order valence-electron chi connectivity index (χ0n) is 12.3. The highest BCUT2D eigenvalue weighted by Crippen LogP contribution is 2.36. The summed E-state index contributed by atoms with van der Waals surface area (Å²) >= 11 is 1.49. The molecule has 1 unspecified atom stereocenters. The summed E-state index contributed by atoms with van der Waals surface area (Å²) in [6.45, 7) is 2.59. The molecule has 1 fully saturated rings. The summed E-state index contributed by atoms with van der Waals surface area (Å²) in [5.41, 5.74) is 1.39. The summed E-state index contributed by atoms with van der Waals surface area (Å²) in [7, 11) is 0. The van der Waals surface area contributed by atoms with Gasteiger partial charge in [-0.05, 0) is 29.9 Å². The molecule has 1 aromatic heterocycles. The third-order valence-corrected chi connectivity index (χ3v) is 5.24. The van der Waals surface area contributed by atoms with E-state index in [4.69, 9.17) is 0 Å². The highest BCUT2D eigenvalue weighted by molar-refractivity contribution is 7.08. The van der Waals surface area contributed by atoms with E-state index >= 15 is 0 Å². The minimum absolute atomic E-state index is 0.0715. The smallest absolute Gasteiger partial charge is 0.316 e. The van der Waals surface area contributed by atoms with E-state index in [1.54, 1.807) is 4.90 Å². The first-order chi connectivity index (χ1) is 10.5. The number of carbonyl (C=O) groups is 2. The molecular weight excluding hydrogens is 298 g/mol. The summed E-state index contributed by atoms with van der Waals surface area (Å²) < 4.78 is 0. The van der Waals surface area contributed by atoms with Crippen LogP contribution in [0.1, 0.15) is 27.9 Å². The van der Waals surface area contributed by atoms with Crippen LogP contribution in [0, 0.1) is 6.92 Å². The van der Waals surface area contributed by atoms with Crippen molar-refractivity contribution in [2.75, 3.05) is 13.1 Å². The fraction of sp³-hybridized carbons (Fsp3) is 0.294. The summed E-state index contributed by atoms with van der Waals surface area (Å²) in [6, 6.07) is 9.21. The Morgan fingerprint density at radius 2 is 1.95 bits per heavy atom. The number of thiophene rings is 1. The number of aryl methyl sites for hydroxylation is 1. The van der Waals surface area contributed by atoms with Crippen molar-refractivity contribution in [3.8, 4) is 0 Å². The Morgan fingerprint density at radius 3 is 2.55 bits per heavy atom. The van der Waals surface area contributed by atoms with Gasteiger partial charge in [-0.2, -0.15) is 11.3 Å². The Hall–Kier alpha value is -2.14. The second-order valence-electron chi connectivity index (χ2n) is 5.70. The minimum atomic E-state index is -0.999. The topological polar surface area (TPSA) is 57.6 Å². The lowest BCUT2D eigenvalue weighted by atomic mass is 9.80. The fourth-order valence-corrected chi connectivity index (χ4v) is 3.85. The highest BCUT2D eigenvalue weighted by atomic mass is 32.1. The van der Waals surface area contributed by atoms with E-state index in [1.807, 2.05) is 48.0 Å². The van der Waals surface area contributed by atoms with Gasteiger partial charge in [0.05, 0.1) is 5.56 Å². The number of likely N-dealkylation sites (tertiary alicyclic amines) is 1. The lowest BCUT2D eigenvalue weighted by molar-refractivity contribution is -0.143. The number of benzene rings is 1. The standard InChI is InChI=1S/C17H17NO3S/c1-12-9-22-10-14(12)15(19)18-8-7-17(11-18,16(20)21)13-5-3-2-4-6-13/h2-6,9-10H,7-8,11H2,1H3,(H,20,21). The van der Waals surface area contributed by atoms with Crippen LogP contribution in [0.4, 0.5) is 0 Å². The van der Waals surface area contributed by atoms with Crippen molar-refractivity contribution in [1.29, 1.82) is 0 Å². The van der Waals surface area contributed by atoms with E-state index < -0.39 is 11.4 Å². The summed E-state index contributed by atoms with van der Waals surface area (Å²) in [5.74, 6) is -0.936. The molecule has 3 rings (SSSR count). The van der Waals surface area contributed by atoms with Crippen LogP contribution >= 0.6 is 11.3 Å². The molecule has 1 aromatic carbocycles. The van der Waals surface area contributed by atoms with Gasteiger partial charge in [0, 0.05) is 18.5 Å². The molecule has 1 aliphatic heterocycles. The first kappa shape index (κ1) is 14.8. The van der Waals surface area contributed by atoms with Crippen LogP contribution in [-0.4, -0.2) is 35.0 Å². The molecule has 1 atom stereocenters. The molecule has 1 aliphatic rings. The van der Waals surface area contributed by atoms with Crippen molar-refractivity contribution >= 4 is 23.2 Å². The third kappa shape index (κ3) is 2.31. The normalized spacial score (nSPS) is 21.0. The number of carboxylic acids is 1. The largest absolute Gasteiger partial charge is 0.481 e. The molecule has 5 heteroatoms. The second-order valence-corrected chi connectivity index (χ2v) is 6.44. The molecule has 1 saturated heterocycles. The minimum Gasteiger partial charge on any atom is -0.481 e. The Labute approximate surface area is 133 Å². The number of rotatable bonds is 3. The van der Waals surface area contributed by atoms with Crippen molar-refractivity contribution in [3.05, 3.63) is 57.8 Å². The average molecular weight is 315 g/mol. The SMILES string of the molecule is Cc1cscc1C(=O)N1CCC(C(=O)O)(c2ccccc2)C1. The molecule has 0 aliphatic carbocycles. The first-order valence-electron chi connectivity index (χ1n) is 7.15. The molecule has 114 valence electrons. The van der Waals surface area contributed by atoms with Gasteiger partial charge in [-0.15, -0.1) is 0 Å². The van der Waals surface area contributed by atoms with Gasteiger partial charge >= 0.3 is 5.97 Å². The quantitative estimate of drug-likeness (QED) is 0.947. The number of amides is 1. The van der Waals surface area contributed by atoms with Gasteiger partial charge < -0.3 is 10.0 Å². The van der Waals surface area contributed by atoms with Crippen molar-refractivity contribution in [2.24, 2.45) is 0 Å². The number of aliphatic carboxylic acids is 1. The zero-order valence-corrected chi connectivity index (χ0v) is 13.1.